The van der Waals surface area contributed by atoms with Crippen LogP contribution in [-0.2, 0) is 14.4 Å². The van der Waals surface area contributed by atoms with Crippen molar-refractivity contribution in [2.45, 2.75) is 13.3 Å². The van der Waals surface area contributed by atoms with E-state index in [1.54, 1.807) is 37.3 Å². The molecule has 0 unspecified atom stereocenters. The van der Waals surface area contributed by atoms with Gasteiger partial charge < -0.3 is 16.1 Å². The molecule has 2 rings (SSSR count). The number of carbonyl (C=O) groups excluding carboxylic acids is 3. The van der Waals surface area contributed by atoms with Crippen molar-refractivity contribution >= 4 is 52.3 Å². The van der Waals surface area contributed by atoms with E-state index in [1.807, 2.05) is 6.07 Å². The summed E-state index contributed by atoms with van der Waals surface area (Å²) in [6.45, 7) is 5.43. The average molecular weight is 421 g/mol. The number of nitrogens with one attached hydrogen (secondary N) is 4. The zero-order valence-corrected chi connectivity index (χ0v) is 16.4. The Bertz CT molecular complexity index is 931. The van der Waals surface area contributed by atoms with Crippen LogP contribution in [0.1, 0.15) is 12.0 Å². The normalized spacial score (nSPS) is 9.96. The third kappa shape index (κ3) is 6.29. The van der Waals surface area contributed by atoms with Crippen LogP contribution in [0, 0.1) is 6.92 Å². The summed E-state index contributed by atoms with van der Waals surface area (Å²) in [6.07, 6.45) is -0.154. The van der Waals surface area contributed by atoms with Crippen LogP contribution in [0.2, 0.25) is 10.0 Å². The molecule has 0 aliphatic rings. The van der Waals surface area contributed by atoms with E-state index in [-0.39, 0.29) is 12.1 Å². The number of anilines is 2. The summed E-state index contributed by atoms with van der Waals surface area (Å²) in [5.74, 6) is -2.20. The number of hydrogen-bond donors (Lipinski definition) is 4. The summed E-state index contributed by atoms with van der Waals surface area (Å²) in [4.78, 5) is 35.8. The fraction of sp³-hybridized carbons (Fsp3) is 0.105. The van der Waals surface area contributed by atoms with Crippen LogP contribution in [0.3, 0.4) is 0 Å². The van der Waals surface area contributed by atoms with E-state index in [1.165, 1.54) is 6.07 Å². The Labute approximate surface area is 172 Å². The summed E-state index contributed by atoms with van der Waals surface area (Å²) in [5.41, 5.74) is 6.54. The van der Waals surface area contributed by atoms with E-state index in [0.29, 0.717) is 21.4 Å². The lowest BCUT2D eigenvalue weighted by Gasteiger charge is -2.12. The second-order valence-corrected chi connectivity index (χ2v) is 6.64. The number of carbonyl (C=O) groups is 3. The second kappa shape index (κ2) is 9.77. The third-order valence-electron chi connectivity index (χ3n) is 3.53. The molecule has 0 atom stereocenters. The molecular weight excluding hydrogens is 403 g/mol. The van der Waals surface area contributed by atoms with E-state index in [0.717, 1.165) is 5.56 Å². The monoisotopic (exact) mass is 420 g/mol. The van der Waals surface area contributed by atoms with Gasteiger partial charge in [0.1, 0.15) is 0 Å². The van der Waals surface area contributed by atoms with E-state index >= 15 is 0 Å². The summed E-state index contributed by atoms with van der Waals surface area (Å²) in [5, 5.41) is 5.83. The smallest absolute Gasteiger partial charge is 0.324 e. The first-order valence-electron chi connectivity index (χ1n) is 8.12. The zero-order valence-electron chi connectivity index (χ0n) is 14.9. The standard InChI is InChI=1S/C19H18Cl2N4O3/c1-11-5-3-4-6-15(11)23-18(27)19(28)25-24-12(2)9-17(26)22-16-8-7-13(20)10-14(16)21/h3-8,10,24H,2,9H2,1H3,(H,22,26)(H,23,27)(H,25,28). The largest absolute Gasteiger partial charge is 0.327 e. The van der Waals surface area contributed by atoms with E-state index in [2.05, 4.69) is 28.1 Å². The van der Waals surface area contributed by atoms with Gasteiger partial charge in [0.25, 0.3) is 0 Å². The molecule has 0 heterocycles. The number of amides is 3. The van der Waals surface area contributed by atoms with E-state index < -0.39 is 17.7 Å². The van der Waals surface area contributed by atoms with Crippen molar-refractivity contribution < 1.29 is 14.4 Å². The molecular formula is C19H18Cl2N4O3. The molecule has 0 aromatic heterocycles. The zero-order chi connectivity index (χ0) is 20.7. The number of benzene rings is 2. The molecule has 0 fully saturated rings. The number of aryl methyl sites for hydroxylation is 1. The minimum atomic E-state index is -0.925. The van der Waals surface area contributed by atoms with Crippen LogP contribution in [0.25, 0.3) is 0 Å². The second-order valence-electron chi connectivity index (χ2n) is 5.80. The van der Waals surface area contributed by atoms with Crippen molar-refractivity contribution in [3.05, 3.63) is 70.3 Å². The van der Waals surface area contributed by atoms with Gasteiger partial charge in [-0.3, -0.25) is 19.8 Å². The Morgan fingerprint density at radius 2 is 1.64 bits per heavy atom. The van der Waals surface area contributed by atoms with Crippen molar-refractivity contribution in [2.24, 2.45) is 0 Å². The van der Waals surface area contributed by atoms with Gasteiger partial charge in [0.05, 0.1) is 17.1 Å². The quantitative estimate of drug-likeness (QED) is 0.424. The fourth-order valence-corrected chi connectivity index (χ4v) is 2.57. The number of hydrazine groups is 1. The number of rotatable bonds is 6. The Morgan fingerprint density at radius 3 is 2.32 bits per heavy atom. The molecule has 0 bridgehead atoms. The lowest BCUT2D eigenvalue weighted by Crippen LogP contribution is -2.43. The van der Waals surface area contributed by atoms with Gasteiger partial charge in [0.2, 0.25) is 5.91 Å². The first-order valence-corrected chi connectivity index (χ1v) is 8.87. The Hall–Kier alpha value is -3.03. The molecule has 7 nitrogen and oxygen atoms in total. The first-order chi connectivity index (χ1) is 13.3. The van der Waals surface area contributed by atoms with Gasteiger partial charge in [-0.2, -0.15) is 0 Å². The molecule has 0 aliphatic heterocycles. The van der Waals surface area contributed by atoms with Crippen LogP contribution < -0.4 is 21.5 Å². The summed E-state index contributed by atoms with van der Waals surface area (Å²) in [6, 6.07) is 11.7. The lowest BCUT2D eigenvalue weighted by molar-refractivity contribution is -0.136. The molecule has 0 saturated carbocycles. The number of hydrogen-bond acceptors (Lipinski definition) is 4. The maximum atomic E-state index is 12.0. The Balaban J connectivity index is 1.79. The molecule has 0 aliphatic carbocycles. The molecule has 0 radical (unpaired) electrons. The number of para-hydroxylation sites is 1. The SMILES string of the molecule is C=C(CC(=O)Nc1ccc(Cl)cc1Cl)NNC(=O)C(=O)Nc1ccccc1C. The summed E-state index contributed by atoms with van der Waals surface area (Å²) < 4.78 is 0. The van der Waals surface area contributed by atoms with Crippen molar-refractivity contribution in [2.75, 3.05) is 10.6 Å². The molecule has 4 N–H and O–H groups in total. The Kier molecular flexibility index (Phi) is 7.43. The first kappa shape index (κ1) is 21.3. The van der Waals surface area contributed by atoms with Gasteiger partial charge in [-0.15, -0.1) is 0 Å². The van der Waals surface area contributed by atoms with Gasteiger partial charge in [0.15, 0.2) is 0 Å². The minimum absolute atomic E-state index is 0.154. The molecule has 3 amide bonds. The highest BCUT2D eigenvalue weighted by Crippen LogP contribution is 2.25. The van der Waals surface area contributed by atoms with Crippen molar-refractivity contribution in [1.29, 1.82) is 0 Å². The van der Waals surface area contributed by atoms with E-state index in [4.69, 9.17) is 23.2 Å². The van der Waals surface area contributed by atoms with Crippen LogP contribution in [0.4, 0.5) is 11.4 Å². The van der Waals surface area contributed by atoms with Gasteiger partial charge in [-0.1, -0.05) is 48.0 Å². The van der Waals surface area contributed by atoms with Gasteiger partial charge in [0, 0.05) is 16.4 Å². The topological polar surface area (TPSA) is 99.3 Å². The summed E-state index contributed by atoms with van der Waals surface area (Å²) in [7, 11) is 0. The highest BCUT2D eigenvalue weighted by molar-refractivity contribution is 6.39. The lowest BCUT2D eigenvalue weighted by atomic mass is 10.2. The highest BCUT2D eigenvalue weighted by atomic mass is 35.5. The van der Waals surface area contributed by atoms with Gasteiger partial charge in [-0.05, 0) is 36.8 Å². The predicted molar refractivity (Wildman–Crippen MR) is 110 cm³/mol. The third-order valence-corrected chi connectivity index (χ3v) is 4.08. The molecule has 9 heteroatoms. The van der Waals surface area contributed by atoms with Crippen molar-refractivity contribution in [3.8, 4) is 0 Å². The van der Waals surface area contributed by atoms with Gasteiger partial charge >= 0.3 is 11.8 Å². The van der Waals surface area contributed by atoms with Crippen LogP contribution in [0.5, 0.6) is 0 Å². The van der Waals surface area contributed by atoms with Crippen LogP contribution in [0.15, 0.2) is 54.7 Å². The average Bonchev–Trinajstić information content (AvgIpc) is 2.63. The maximum Gasteiger partial charge on any atom is 0.327 e. The minimum Gasteiger partial charge on any atom is -0.324 e. The molecule has 146 valence electrons. The van der Waals surface area contributed by atoms with Gasteiger partial charge in [-0.25, -0.2) is 0 Å². The summed E-state index contributed by atoms with van der Waals surface area (Å²) >= 11 is 11.8. The Morgan fingerprint density at radius 1 is 0.929 bits per heavy atom. The molecule has 2 aromatic carbocycles. The van der Waals surface area contributed by atoms with Crippen LogP contribution in [-0.4, -0.2) is 17.7 Å². The molecule has 2 aromatic rings. The fourth-order valence-electron chi connectivity index (χ4n) is 2.12. The predicted octanol–water partition coefficient (Wildman–Crippen LogP) is 3.40. The van der Waals surface area contributed by atoms with E-state index in [9.17, 15) is 14.4 Å². The highest BCUT2D eigenvalue weighted by Gasteiger charge is 2.15. The molecule has 0 saturated heterocycles. The van der Waals surface area contributed by atoms with Crippen molar-refractivity contribution in [1.82, 2.24) is 10.9 Å². The molecule has 0 spiro atoms. The van der Waals surface area contributed by atoms with Crippen LogP contribution >= 0.6 is 23.2 Å². The maximum absolute atomic E-state index is 12.0. The van der Waals surface area contributed by atoms with Crippen molar-refractivity contribution in [3.63, 3.8) is 0 Å². The molecule has 28 heavy (non-hydrogen) atoms. The number of halogens is 2.